The number of nitrogens with zero attached hydrogens (tertiary/aromatic N) is 3. The summed E-state index contributed by atoms with van der Waals surface area (Å²) in [6, 6.07) is 2.19. The van der Waals surface area contributed by atoms with Crippen molar-refractivity contribution >= 4 is 16.1 Å². The van der Waals surface area contributed by atoms with Gasteiger partial charge in [-0.15, -0.1) is 0 Å². The Hall–Kier alpha value is -2.57. The molecule has 3 atom stereocenters. The normalized spacial score (nSPS) is 23.5. The Balaban J connectivity index is 1.56. The molecule has 2 aliphatic rings. The monoisotopic (exact) mass is 498 g/mol. The Morgan fingerprint density at radius 3 is 2.68 bits per heavy atom. The summed E-state index contributed by atoms with van der Waals surface area (Å²) in [5, 5.41) is 6.73. The molecule has 2 aromatic rings. The summed E-state index contributed by atoms with van der Waals surface area (Å²) >= 11 is 0. The Labute approximate surface area is 197 Å². The molecular weight excluding hydrogens is 470 g/mol. The van der Waals surface area contributed by atoms with E-state index in [1.807, 2.05) is 4.90 Å². The van der Waals surface area contributed by atoms with Crippen molar-refractivity contribution in [3.05, 3.63) is 52.9 Å². The van der Waals surface area contributed by atoms with Gasteiger partial charge in [-0.3, -0.25) is 4.90 Å². The van der Waals surface area contributed by atoms with Gasteiger partial charge in [-0.25, -0.2) is 22.0 Å². The average Bonchev–Trinajstić information content (AvgIpc) is 3.28. The van der Waals surface area contributed by atoms with E-state index in [0.717, 1.165) is 34.1 Å². The Morgan fingerprint density at radius 1 is 1.26 bits per heavy atom. The molecule has 186 valence electrons. The average molecular weight is 499 g/mol. The van der Waals surface area contributed by atoms with Crippen molar-refractivity contribution in [2.24, 2.45) is 0 Å². The van der Waals surface area contributed by atoms with E-state index in [4.69, 9.17) is 9.47 Å². The van der Waals surface area contributed by atoms with Crippen LogP contribution in [-0.2, 0) is 32.6 Å². The van der Waals surface area contributed by atoms with Gasteiger partial charge < -0.3 is 14.8 Å². The zero-order valence-electron chi connectivity index (χ0n) is 19.4. The van der Waals surface area contributed by atoms with E-state index in [2.05, 4.69) is 10.4 Å². The number of hydrogen-bond acceptors (Lipinski definition) is 7. The van der Waals surface area contributed by atoms with Gasteiger partial charge in [0.25, 0.3) is 10.0 Å². The van der Waals surface area contributed by atoms with E-state index in [1.54, 1.807) is 20.8 Å². The summed E-state index contributed by atoms with van der Waals surface area (Å²) in [5.41, 5.74) is 0.641. The molecule has 9 nitrogen and oxygen atoms in total. The number of ether oxygens (including phenoxy) is 2. The van der Waals surface area contributed by atoms with Crippen molar-refractivity contribution in [1.82, 2.24) is 19.4 Å². The lowest BCUT2D eigenvalue weighted by Crippen LogP contribution is -2.52. The van der Waals surface area contributed by atoms with E-state index in [1.165, 1.54) is 6.20 Å². The Kier molecular flexibility index (Phi) is 6.42. The molecule has 1 saturated heterocycles. The van der Waals surface area contributed by atoms with Crippen LogP contribution in [0.25, 0.3) is 0 Å². The number of carbonyl (C=O) groups excluding carboxylic acids is 1. The lowest BCUT2D eigenvalue weighted by Gasteiger charge is -2.40. The van der Waals surface area contributed by atoms with Gasteiger partial charge in [0.15, 0.2) is 0 Å². The van der Waals surface area contributed by atoms with Crippen LogP contribution >= 0.6 is 0 Å². The van der Waals surface area contributed by atoms with Gasteiger partial charge in [-0.2, -0.15) is 9.19 Å². The second-order valence-corrected chi connectivity index (χ2v) is 11.5. The number of benzene rings is 1. The lowest BCUT2D eigenvalue weighted by atomic mass is 9.92. The number of carbonyl (C=O) groups is 1. The summed E-state index contributed by atoms with van der Waals surface area (Å²) in [5.74, 6) is -1.25. The highest BCUT2D eigenvalue weighted by Gasteiger charge is 2.40. The molecule has 1 aromatic carbocycles. The molecule has 0 bridgehead atoms. The predicted octanol–water partition coefficient (Wildman–Crippen LogP) is 2.71. The van der Waals surface area contributed by atoms with Gasteiger partial charge in [-0.1, -0.05) is 0 Å². The third kappa shape index (κ3) is 5.23. The second kappa shape index (κ2) is 8.90. The molecule has 0 radical (unpaired) electrons. The van der Waals surface area contributed by atoms with Crippen molar-refractivity contribution in [3.8, 4) is 0 Å². The van der Waals surface area contributed by atoms with Crippen LogP contribution in [0.3, 0.4) is 0 Å². The minimum absolute atomic E-state index is 0.0111. The van der Waals surface area contributed by atoms with Crippen molar-refractivity contribution in [2.75, 3.05) is 12.9 Å². The zero-order chi connectivity index (χ0) is 24.8. The summed E-state index contributed by atoms with van der Waals surface area (Å²) in [4.78, 5) is 14.6. The van der Waals surface area contributed by atoms with Crippen molar-refractivity contribution in [2.45, 2.75) is 64.1 Å². The van der Waals surface area contributed by atoms with Crippen LogP contribution in [0, 0.1) is 11.6 Å². The molecule has 1 aromatic heterocycles. The Morgan fingerprint density at radius 2 is 2.00 bits per heavy atom. The number of alkyl carbamates (subject to hydrolysis) is 1. The fourth-order valence-electron chi connectivity index (χ4n) is 4.40. The maximum Gasteiger partial charge on any atom is 0.407 e. The molecule has 2 unspecified atom stereocenters. The van der Waals surface area contributed by atoms with Gasteiger partial charge in [0.05, 0.1) is 30.8 Å². The van der Waals surface area contributed by atoms with Crippen LogP contribution in [0.15, 0.2) is 24.4 Å². The van der Waals surface area contributed by atoms with E-state index in [-0.39, 0.29) is 18.2 Å². The van der Waals surface area contributed by atoms with E-state index < -0.39 is 45.5 Å². The minimum atomic E-state index is -3.54. The Bertz CT molecular complexity index is 1190. The number of fused-ring (bicyclic) bond motifs is 1. The standard InChI is InChI=1S/C22H28F2N4O5S/c1-22(2,3)33-21(29)26-18-8-15(12-32-20(18)16-7-14(23)5-6-17(16)24)27-10-13-9-25-28(19(13)11-27)34(4,30)31/h5-7,9,15,18,20H,8,10-12H2,1-4H3,(H,26,29)/t15-,18?,20?/m1/s1. The summed E-state index contributed by atoms with van der Waals surface area (Å²) < 4.78 is 64.8. The topological polar surface area (TPSA) is 103 Å². The third-order valence-electron chi connectivity index (χ3n) is 5.80. The minimum Gasteiger partial charge on any atom is -0.444 e. The first-order chi connectivity index (χ1) is 15.8. The van der Waals surface area contributed by atoms with Crippen LogP contribution in [0.1, 0.15) is 50.1 Å². The highest BCUT2D eigenvalue weighted by Crippen LogP contribution is 2.35. The number of nitrogens with one attached hydrogen (secondary N) is 1. The fraction of sp³-hybridized carbons (Fsp3) is 0.545. The molecule has 0 aliphatic carbocycles. The highest BCUT2D eigenvalue weighted by atomic mass is 32.2. The molecule has 1 fully saturated rings. The summed E-state index contributed by atoms with van der Waals surface area (Å²) in [6.45, 7) is 6.14. The molecule has 4 rings (SSSR count). The molecule has 12 heteroatoms. The van der Waals surface area contributed by atoms with Gasteiger partial charge in [0, 0.05) is 30.3 Å². The number of rotatable bonds is 4. The second-order valence-electron chi connectivity index (χ2n) is 9.69. The van der Waals surface area contributed by atoms with Gasteiger partial charge >= 0.3 is 6.09 Å². The first-order valence-corrected chi connectivity index (χ1v) is 12.7. The molecule has 0 spiro atoms. The van der Waals surface area contributed by atoms with Crippen LogP contribution in [0.4, 0.5) is 13.6 Å². The van der Waals surface area contributed by atoms with Crippen LogP contribution in [-0.4, -0.2) is 59.1 Å². The number of amides is 1. The largest absolute Gasteiger partial charge is 0.444 e. The van der Waals surface area contributed by atoms with E-state index in [9.17, 15) is 22.0 Å². The smallest absolute Gasteiger partial charge is 0.407 e. The predicted molar refractivity (Wildman–Crippen MR) is 118 cm³/mol. The van der Waals surface area contributed by atoms with Gasteiger partial charge in [0.1, 0.15) is 23.3 Å². The number of hydrogen-bond donors (Lipinski definition) is 1. The highest BCUT2D eigenvalue weighted by molar-refractivity contribution is 7.89. The van der Waals surface area contributed by atoms with Gasteiger partial charge in [-0.05, 0) is 45.4 Å². The van der Waals surface area contributed by atoms with Gasteiger partial charge in [0.2, 0.25) is 0 Å². The van der Waals surface area contributed by atoms with E-state index in [0.29, 0.717) is 25.2 Å². The molecular formula is C22H28F2N4O5S. The lowest BCUT2D eigenvalue weighted by molar-refractivity contribution is -0.0629. The fourth-order valence-corrected chi connectivity index (χ4v) is 5.19. The first-order valence-electron chi connectivity index (χ1n) is 10.9. The van der Waals surface area contributed by atoms with Crippen LogP contribution in [0.2, 0.25) is 0 Å². The number of halogens is 2. The third-order valence-corrected chi connectivity index (χ3v) is 6.75. The first kappa shape index (κ1) is 24.6. The molecule has 1 amide bonds. The molecule has 34 heavy (non-hydrogen) atoms. The summed E-state index contributed by atoms with van der Waals surface area (Å²) in [7, 11) is -3.54. The van der Waals surface area contributed by atoms with Crippen LogP contribution in [0.5, 0.6) is 0 Å². The molecule has 1 N–H and O–H groups in total. The maximum absolute atomic E-state index is 14.6. The van der Waals surface area contributed by atoms with E-state index >= 15 is 0 Å². The summed E-state index contributed by atoms with van der Waals surface area (Å²) in [6.07, 6.45) is 1.36. The SMILES string of the molecule is CC(C)(C)OC(=O)NC1C[C@@H](N2Cc3cnn(S(C)(=O)=O)c3C2)COC1c1cc(F)ccc1F. The molecule has 3 heterocycles. The van der Waals surface area contributed by atoms with Crippen LogP contribution < -0.4 is 5.32 Å². The molecule has 0 saturated carbocycles. The number of aromatic nitrogens is 2. The maximum atomic E-state index is 14.6. The van der Waals surface area contributed by atoms with Crippen molar-refractivity contribution in [1.29, 1.82) is 0 Å². The van der Waals surface area contributed by atoms with Crippen molar-refractivity contribution < 1.29 is 31.5 Å². The zero-order valence-corrected chi connectivity index (χ0v) is 20.2. The van der Waals surface area contributed by atoms with Crippen molar-refractivity contribution in [3.63, 3.8) is 0 Å². The quantitative estimate of drug-likeness (QED) is 0.692. The molecule has 2 aliphatic heterocycles.